The number of aromatic nitrogens is 4. The van der Waals surface area contributed by atoms with Crippen molar-refractivity contribution in [1.29, 1.82) is 0 Å². The number of pyridine rings is 1. The number of quaternary nitrogens is 1. The molecule has 2 unspecified atom stereocenters. The standard InChI is InChI=1S/C25H24F5N5O3S/c1-24(2)10-15(16-12-31-19-9-18(27)33-35(19)22(16)24)20-17(26)8-14(11-32-20)21(25(28,29)30)34(3)23(36)13-4-6-39(37,38)7-5-13/h8-13,21H,4-7H2,1-3H3/p+1. The third-order valence-electron chi connectivity index (χ3n) is 7.38. The zero-order chi connectivity index (χ0) is 28.5. The van der Waals surface area contributed by atoms with Gasteiger partial charge in [0.25, 0.3) is 0 Å². The van der Waals surface area contributed by atoms with Gasteiger partial charge in [-0.15, -0.1) is 5.10 Å². The molecule has 4 heterocycles. The summed E-state index contributed by atoms with van der Waals surface area (Å²) >= 11 is 0. The number of allylic oxidation sites excluding steroid dienone is 1. The highest BCUT2D eigenvalue weighted by Gasteiger charge is 2.51. The van der Waals surface area contributed by atoms with Gasteiger partial charge in [0.05, 0.1) is 30.2 Å². The highest BCUT2D eigenvalue weighted by molar-refractivity contribution is 7.91. The molecule has 0 spiro atoms. The van der Waals surface area contributed by atoms with Gasteiger partial charge in [-0.2, -0.15) is 17.6 Å². The molecule has 2 aliphatic rings. The number of nitrogens with one attached hydrogen (secondary N) is 1. The largest absolute Gasteiger partial charge is 0.446 e. The van der Waals surface area contributed by atoms with Gasteiger partial charge in [0.1, 0.15) is 21.3 Å². The Morgan fingerprint density at radius 2 is 1.79 bits per heavy atom. The van der Waals surface area contributed by atoms with E-state index in [1.54, 1.807) is 19.9 Å². The summed E-state index contributed by atoms with van der Waals surface area (Å²) in [6, 6.07) is -0.547. The first-order valence-electron chi connectivity index (χ1n) is 12.2. The smallest absolute Gasteiger partial charge is 0.260 e. The van der Waals surface area contributed by atoms with E-state index in [9.17, 15) is 30.8 Å². The zero-order valence-corrected chi connectivity index (χ0v) is 22.0. The molecule has 14 heteroatoms. The van der Waals surface area contributed by atoms with Gasteiger partial charge in [0.2, 0.25) is 12.0 Å². The van der Waals surface area contributed by atoms with Crippen LogP contribution in [0.4, 0.5) is 22.0 Å². The molecule has 5 rings (SSSR count). The van der Waals surface area contributed by atoms with Crippen molar-refractivity contribution in [3.8, 4) is 0 Å². The molecule has 0 bridgehead atoms. The molecule has 1 fully saturated rings. The number of hydrogen-bond acceptors (Lipinski definition) is 6. The van der Waals surface area contributed by atoms with E-state index in [1.807, 2.05) is 0 Å². The lowest BCUT2D eigenvalue weighted by Gasteiger charge is -2.29. The minimum Gasteiger partial charge on any atom is -0.260 e. The molecule has 1 N–H and O–H groups in total. The lowest BCUT2D eigenvalue weighted by molar-refractivity contribution is -0.852. The second-order valence-electron chi connectivity index (χ2n) is 10.6. The molecule has 1 aliphatic carbocycles. The quantitative estimate of drug-likeness (QED) is 0.485. The number of hydrogen-bond donors (Lipinski definition) is 1. The third-order valence-corrected chi connectivity index (χ3v) is 9.10. The Balaban J connectivity index is 1.50. The molecular weight excluding hydrogens is 545 g/mol. The van der Waals surface area contributed by atoms with E-state index >= 15 is 4.39 Å². The number of fused-ring (bicyclic) bond motifs is 3. The van der Waals surface area contributed by atoms with E-state index in [0.717, 1.165) is 19.3 Å². The van der Waals surface area contributed by atoms with E-state index in [2.05, 4.69) is 15.1 Å². The van der Waals surface area contributed by atoms with Crippen LogP contribution in [-0.4, -0.2) is 58.6 Å². The summed E-state index contributed by atoms with van der Waals surface area (Å²) in [6.45, 7) is 3.59. The molecule has 1 amide bonds. The van der Waals surface area contributed by atoms with Crippen molar-refractivity contribution in [2.45, 2.75) is 44.3 Å². The number of nitrogens with zero attached hydrogens (tertiary/aromatic N) is 4. The van der Waals surface area contributed by atoms with Crippen LogP contribution in [0.3, 0.4) is 0 Å². The van der Waals surface area contributed by atoms with Crippen LogP contribution in [0.2, 0.25) is 0 Å². The van der Waals surface area contributed by atoms with Gasteiger partial charge in [-0.3, -0.25) is 9.88 Å². The highest BCUT2D eigenvalue weighted by atomic mass is 32.2. The van der Waals surface area contributed by atoms with E-state index in [-0.39, 0.29) is 41.3 Å². The van der Waals surface area contributed by atoms with Crippen LogP contribution in [0.25, 0.3) is 11.2 Å². The fraction of sp³-hybridized carbons (Fsp3) is 0.440. The number of sulfone groups is 1. The Labute approximate surface area is 220 Å². The summed E-state index contributed by atoms with van der Waals surface area (Å²) in [5, 5.41) is 3.82. The lowest BCUT2D eigenvalue weighted by atomic mass is 9.92. The topological polar surface area (TPSA) is 98.7 Å². The average molecular weight is 571 g/mol. The molecule has 0 aromatic carbocycles. The first-order valence-corrected chi connectivity index (χ1v) is 14.0. The van der Waals surface area contributed by atoms with Crippen LogP contribution in [0.5, 0.6) is 0 Å². The molecular formula is C25H25F5N5O3S+. The van der Waals surface area contributed by atoms with Gasteiger partial charge >= 0.3 is 12.1 Å². The van der Waals surface area contributed by atoms with Crippen molar-refractivity contribution in [2.24, 2.45) is 5.92 Å². The van der Waals surface area contributed by atoms with Crippen LogP contribution < -0.4 is 4.90 Å². The van der Waals surface area contributed by atoms with Gasteiger partial charge in [0, 0.05) is 40.6 Å². The van der Waals surface area contributed by atoms with Crippen molar-refractivity contribution in [1.82, 2.24) is 19.6 Å². The van der Waals surface area contributed by atoms with Gasteiger partial charge < -0.3 is 0 Å². The van der Waals surface area contributed by atoms with Gasteiger partial charge in [-0.05, 0) is 18.9 Å². The maximum Gasteiger partial charge on any atom is 0.446 e. The summed E-state index contributed by atoms with van der Waals surface area (Å²) in [7, 11) is -2.26. The second-order valence-corrected chi connectivity index (χ2v) is 12.9. The summed E-state index contributed by atoms with van der Waals surface area (Å²) in [4.78, 5) is 20.6. The number of halogens is 5. The van der Waals surface area contributed by atoms with E-state index < -0.39 is 61.5 Å². The molecule has 8 nitrogen and oxygen atoms in total. The second kappa shape index (κ2) is 9.15. The minimum absolute atomic E-state index is 0.0561. The van der Waals surface area contributed by atoms with Crippen molar-refractivity contribution in [2.75, 3.05) is 18.6 Å². The molecule has 1 aliphatic heterocycles. The Morgan fingerprint density at radius 1 is 1.13 bits per heavy atom. The van der Waals surface area contributed by atoms with Gasteiger partial charge in [-0.25, -0.2) is 27.1 Å². The SMILES string of the molecule is C[NH+](C(=O)C1CCS(=O)(=O)CC1)C(c1cnc(C2=CC(C)(C)c3c2cnc2cc(F)nn32)c(F)c1)C(F)(F)F. The molecule has 0 saturated carbocycles. The monoisotopic (exact) mass is 570 g/mol. The first-order chi connectivity index (χ1) is 18.1. The highest BCUT2D eigenvalue weighted by Crippen LogP contribution is 2.43. The van der Waals surface area contributed by atoms with E-state index in [0.29, 0.717) is 17.3 Å². The predicted molar refractivity (Wildman–Crippen MR) is 129 cm³/mol. The number of carbonyl (C=O) groups excluding carboxylic acids is 1. The molecule has 208 valence electrons. The lowest BCUT2D eigenvalue weighted by Crippen LogP contribution is -3.14. The molecule has 3 aromatic heterocycles. The predicted octanol–water partition coefficient (Wildman–Crippen LogP) is 2.59. The number of amides is 1. The summed E-state index contributed by atoms with van der Waals surface area (Å²) < 4.78 is 96.6. The van der Waals surface area contributed by atoms with Crippen LogP contribution in [0, 0.1) is 17.7 Å². The Bertz CT molecular complexity index is 1620. The van der Waals surface area contributed by atoms with E-state index in [1.165, 1.54) is 10.7 Å². The maximum absolute atomic E-state index is 15.5. The van der Waals surface area contributed by atoms with Crippen LogP contribution >= 0.6 is 0 Å². The summed E-state index contributed by atoms with van der Waals surface area (Å²) in [5.41, 5.74) is -0.0669. The molecule has 3 aromatic rings. The fourth-order valence-corrected chi connectivity index (χ4v) is 7.03. The van der Waals surface area contributed by atoms with Crippen LogP contribution in [0.1, 0.15) is 55.2 Å². The Hall–Kier alpha value is -3.26. The number of alkyl halides is 3. The van der Waals surface area contributed by atoms with Crippen molar-refractivity contribution in [3.05, 3.63) is 64.9 Å². The summed E-state index contributed by atoms with van der Waals surface area (Å²) in [6.07, 6.45) is -1.05. The molecule has 0 radical (unpaired) electrons. The normalized spacial score (nSPS) is 20.5. The number of carbonyl (C=O) groups is 1. The fourth-order valence-electron chi connectivity index (χ4n) is 5.54. The van der Waals surface area contributed by atoms with Gasteiger partial charge in [-0.1, -0.05) is 19.9 Å². The Kier molecular flexibility index (Phi) is 6.41. The molecule has 2 atom stereocenters. The molecule has 39 heavy (non-hydrogen) atoms. The van der Waals surface area contributed by atoms with Crippen LogP contribution in [-0.2, 0) is 20.0 Å². The summed E-state index contributed by atoms with van der Waals surface area (Å²) in [5.74, 6) is -3.95. The first kappa shape index (κ1) is 27.3. The third kappa shape index (κ3) is 4.84. The van der Waals surface area contributed by atoms with Crippen molar-refractivity contribution >= 4 is 27.0 Å². The Morgan fingerprint density at radius 3 is 2.41 bits per heavy atom. The minimum atomic E-state index is -4.92. The van der Waals surface area contributed by atoms with E-state index in [4.69, 9.17) is 0 Å². The molecule has 1 saturated heterocycles. The zero-order valence-electron chi connectivity index (χ0n) is 21.2. The maximum atomic E-state index is 15.5. The van der Waals surface area contributed by atoms with Crippen molar-refractivity contribution < 1.29 is 40.1 Å². The van der Waals surface area contributed by atoms with Crippen LogP contribution in [0.15, 0.2) is 30.6 Å². The average Bonchev–Trinajstić information content (AvgIpc) is 3.33. The number of rotatable bonds is 4. The van der Waals surface area contributed by atoms with Gasteiger partial charge in [0.15, 0.2) is 5.65 Å². The van der Waals surface area contributed by atoms with Crippen molar-refractivity contribution in [3.63, 3.8) is 0 Å².